The highest BCUT2D eigenvalue weighted by Crippen LogP contribution is 2.26. The van der Waals surface area contributed by atoms with Crippen molar-refractivity contribution in [1.29, 1.82) is 0 Å². The Morgan fingerprint density at radius 3 is 2.58 bits per heavy atom. The molecule has 24 heavy (non-hydrogen) atoms. The van der Waals surface area contributed by atoms with E-state index >= 15 is 0 Å². The number of benzene rings is 2. The van der Waals surface area contributed by atoms with Crippen LogP contribution in [0.2, 0.25) is 0 Å². The molecule has 2 heterocycles. The number of amides is 1. The quantitative estimate of drug-likeness (QED) is 0.623. The summed E-state index contributed by atoms with van der Waals surface area (Å²) in [5, 5.41) is 0.881. The number of hydrogen-bond acceptors (Lipinski definition) is 3. The largest absolute Gasteiger partial charge is 0.453 e. The second kappa shape index (κ2) is 5.91. The average Bonchev–Trinajstić information content (AvgIpc) is 3.20. The van der Waals surface area contributed by atoms with Gasteiger partial charge in [-0.25, -0.2) is 0 Å². The van der Waals surface area contributed by atoms with Gasteiger partial charge in [-0.15, -0.1) is 0 Å². The number of rotatable bonds is 3. The van der Waals surface area contributed by atoms with Crippen LogP contribution in [-0.2, 0) is 4.79 Å². The molecule has 0 N–H and O–H groups in total. The first-order valence-corrected chi connectivity index (χ1v) is 8.55. The van der Waals surface area contributed by atoms with E-state index in [1.54, 1.807) is 23.1 Å². The van der Waals surface area contributed by atoms with E-state index in [2.05, 4.69) is 15.9 Å². The molecule has 1 aliphatic rings. The van der Waals surface area contributed by atoms with Crippen LogP contribution in [0.3, 0.4) is 0 Å². The van der Waals surface area contributed by atoms with Crippen LogP contribution in [-0.4, -0.2) is 18.2 Å². The van der Waals surface area contributed by atoms with Crippen molar-refractivity contribution in [3.8, 4) is 0 Å². The van der Waals surface area contributed by atoms with Gasteiger partial charge in [0, 0.05) is 34.1 Å². The maximum Gasteiger partial charge on any atom is 0.228 e. The van der Waals surface area contributed by atoms with Crippen molar-refractivity contribution in [2.45, 2.75) is 12.8 Å². The Morgan fingerprint density at radius 2 is 1.88 bits per heavy atom. The first kappa shape index (κ1) is 15.1. The van der Waals surface area contributed by atoms with Crippen LogP contribution in [0.1, 0.15) is 29.0 Å². The molecule has 4 rings (SSSR count). The van der Waals surface area contributed by atoms with Gasteiger partial charge in [0.2, 0.25) is 11.7 Å². The van der Waals surface area contributed by atoms with E-state index in [1.807, 2.05) is 30.3 Å². The Morgan fingerprint density at radius 1 is 1.08 bits per heavy atom. The number of anilines is 1. The summed E-state index contributed by atoms with van der Waals surface area (Å²) in [6.45, 7) is 0.741. The van der Waals surface area contributed by atoms with E-state index in [4.69, 9.17) is 4.42 Å². The van der Waals surface area contributed by atoms with Gasteiger partial charge < -0.3 is 9.32 Å². The van der Waals surface area contributed by atoms with E-state index in [0.717, 1.165) is 28.5 Å². The first-order chi connectivity index (χ1) is 11.6. The summed E-state index contributed by atoms with van der Waals surface area (Å²) in [4.78, 5) is 26.2. The number of carbonyl (C=O) groups is 2. The van der Waals surface area contributed by atoms with Crippen molar-refractivity contribution in [1.82, 2.24) is 0 Å². The van der Waals surface area contributed by atoms with Crippen molar-refractivity contribution in [2.75, 3.05) is 11.4 Å². The van der Waals surface area contributed by atoms with E-state index in [1.165, 1.54) is 0 Å². The van der Waals surface area contributed by atoms with Crippen LogP contribution in [0, 0.1) is 0 Å². The molecule has 1 amide bonds. The van der Waals surface area contributed by atoms with Gasteiger partial charge in [-0.05, 0) is 55.0 Å². The summed E-state index contributed by atoms with van der Waals surface area (Å²) in [7, 11) is 0. The average molecular weight is 384 g/mol. The topological polar surface area (TPSA) is 50.5 Å². The van der Waals surface area contributed by atoms with Gasteiger partial charge >= 0.3 is 0 Å². The Labute approximate surface area is 147 Å². The van der Waals surface area contributed by atoms with Crippen LogP contribution in [0.25, 0.3) is 11.0 Å². The predicted molar refractivity (Wildman–Crippen MR) is 95.4 cm³/mol. The lowest BCUT2D eigenvalue weighted by Gasteiger charge is -2.15. The van der Waals surface area contributed by atoms with Crippen molar-refractivity contribution in [3.63, 3.8) is 0 Å². The summed E-state index contributed by atoms with van der Waals surface area (Å²) < 4.78 is 6.59. The van der Waals surface area contributed by atoms with Gasteiger partial charge in [-0.1, -0.05) is 15.9 Å². The van der Waals surface area contributed by atoms with Crippen molar-refractivity contribution in [2.24, 2.45) is 0 Å². The third-order valence-corrected chi connectivity index (χ3v) is 4.71. The van der Waals surface area contributed by atoms with Gasteiger partial charge in [0.05, 0.1) is 0 Å². The number of halogens is 1. The Hall–Kier alpha value is -2.40. The van der Waals surface area contributed by atoms with Gasteiger partial charge in [-0.3, -0.25) is 9.59 Å². The van der Waals surface area contributed by atoms with E-state index in [9.17, 15) is 9.59 Å². The summed E-state index contributed by atoms with van der Waals surface area (Å²) in [5.41, 5.74) is 2.06. The molecule has 0 spiro atoms. The van der Waals surface area contributed by atoms with Crippen LogP contribution in [0.5, 0.6) is 0 Å². The van der Waals surface area contributed by atoms with Gasteiger partial charge in [0.1, 0.15) is 5.58 Å². The minimum atomic E-state index is -0.165. The van der Waals surface area contributed by atoms with Crippen LogP contribution >= 0.6 is 15.9 Å². The molecular formula is C19H14BrNO3. The van der Waals surface area contributed by atoms with Crippen LogP contribution in [0.4, 0.5) is 5.69 Å². The summed E-state index contributed by atoms with van der Waals surface area (Å²) in [5.74, 6) is 0.284. The van der Waals surface area contributed by atoms with Crippen molar-refractivity contribution >= 4 is 44.3 Å². The zero-order valence-electron chi connectivity index (χ0n) is 12.8. The van der Waals surface area contributed by atoms with Gasteiger partial charge in [-0.2, -0.15) is 0 Å². The summed E-state index contributed by atoms with van der Waals surface area (Å²) in [6.07, 6.45) is 1.48. The molecule has 1 saturated heterocycles. The molecule has 0 radical (unpaired) electrons. The first-order valence-electron chi connectivity index (χ1n) is 7.76. The molecule has 3 aromatic rings. The molecular weight excluding hydrogens is 370 g/mol. The highest BCUT2D eigenvalue weighted by Gasteiger charge is 2.22. The lowest BCUT2D eigenvalue weighted by Crippen LogP contribution is -2.23. The smallest absolute Gasteiger partial charge is 0.228 e. The maximum atomic E-state index is 12.6. The van der Waals surface area contributed by atoms with Crippen LogP contribution < -0.4 is 4.90 Å². The Balaban J connectivity index is 1.62. The maximum absolute atomic E-state index is 12.6. The minimum absolute atomic E-state index is 0.136. The molecule has 4 nitrogen and oxygen atoms in total. The third kappa shape index (κ3) is 2.65. The lowest BCUT2D eigenvalue weighted by atomic mass is 10.1. The molecule has 1 fully saturated rings. The van der Waals surface area contributed by atoms with Crippen molar-refractivity contribution in [3.05, 3.63) is 64.3 Å². The van der Waals surface area contributed by atoms with Gasteiger partial charge in [0.25, 0.3) is 0 Å². The fourth-order valence-corrected chi connectivity index (χ4v) is 3.36. The monoisotopic (exact) mass is 383 g/mol. The molecule has 1 aliphatic heterocycles. The third-order valence-electron chi connectivity index (χ3n) is 4.22. The molecule has 0 unspecified atom stereocenters. The molecule has 5 heteroatoms. The minimum Gasteiger partial charge on any atom is -0.453 e. The highest BCUT2D eigenvalue weighted by molar-refractivity contribution is 9.10. The fourth-order valence-electron chi connectivity index (χ4n) is 2.98. The van der Waals surface area contributed by atoms with E-state index in [-0.39, 0.29) is 11.7 Å². The molecule has 2 aromatic carbocycles. The zero-order chi connectivity index (χ0) is 16.7. The SMILES string of the molecule is O=C(c1ccc(N2CCCC2=O)cc1)c1cc2cc(Br)ccc2o1. The molecule has 0 bridgehead atoms. The van der Waals surface area contributed by atoms with Crippen LogP contribution in [0.15, 0.2) is 57.4 Å². The van der Waals surface area contributed by atoms with Gasteiger partial charge in [0.15, 0.2) is 5.76 Å². The summed E-state index contributed by atoms with van der Waals surface area (Å²) in [6, 6.07) is 14.5. The Bertz CT molecular complexity index is 943. The number of fused-ring (bicyclic) bond motifs is 1. The standard InChI is InChI=1S/C19H14BrNO3/c20-14-5-8-16-13(10-14)11-17(24-16)19(23)12-3-6-15(7-4-12)21-9-1-2-18(21)22/h3-8,10-11H,1-2,9H2. The second-order valence-electron chi connectivity index (χ2n) is 5.82. The molecule has 0 aliphatic carbocycles. The lowest BCUT2D eigenvalue weighted by molar-refractivity contribution is -0.117. The molecule has 0 atom stereocenters. The second-order valence-corrected chi connectivity index (χ2v) is 6.73. The summed E-state index contributed by atoms with van der Waals surface area (Å²) >= 11 is 3.41. The molecule has 120 valence electrons. The molecule has 0 saturated carbocycles. The van der Waals surface area contributed by atoms with Crippen molar-refractivity contribution < 1.29 is 14.0 Å². The number of ketones is 1. The zero-order valence-corrected chi connectivity index (χ0v) is 14.4. The Kier molecular flexibility index (Phi) is 3.73. The van der Waals surface area contributed by atoms with E-state index in [0.29, 0.717) is 23.3 Å². The number of nitrogens with zero attached hydrogens (tertiary/aromatic N) is 1. The normalized spacial score (nSPS) is 14.5. The predicted octanol–water partition coefficient (Wildman–Crippen LogP) is 4.55. The number of hydrogen-bond donors (Lipinski definition) is 0. The fraction of sp³-hybridized carbons (Fsp3) is 0.158. The van der Waals surface area contributed by atoms with E-state index < -0.39 is 0 Å². The number of furan rings is 1. The number of carbonyl (C=O) groups excluding carboxylic acids is 2. The molecule has 1 aromatic heterocycles. The highest BCUT2D eigenvalue weighted by atomic mass is 79.9.